The van der Waals surface area contributed by atoms with Crippen LogP contribution in [0.3, 0.4) is 0 Å². The summed E-state index contributed by atoms with van der Waals surface area (Å²) in [6.45, 7) is 18.9. The minimum absolute atomic E-state index is 0.0932. The van der Waals surface area contributed by atoms with Crippen molar-refractivity contribution in [1.82, 2.24) is 0 Å². The lowest BCUT2D eigenvalue weighted by atomic mass is 10.5. The molecular formula is C20H38O4P2Si2. The third-order valence-electron chi connectivity index (χ3n) is 4.45. The molecule has 2 atom stereocenters. The van der Waals surface area contributed by atoms with Crippen LogP contribution in [0.2, 0.25) is 39.3 Å². The third-order valence-corrected chi connectivity index (χ3v) is 22.2. The van der Waals surface area contributed by atoms with E-state index in [0.717, 1.165) is 12.3 Å². The molecule has 4 nitrogen and oxygen atoms in total. The number of esters is 2. The van der Waals surface area contributed by atoms with Crippen molar-refractivity contribution in [2.24, 2.45) is 0 Å². The van der Waals surface area contributed by atoms with E-state index < -0.39 is 31.4 Å². The molecule has 0 bridgehead atoms. The number of allylic oxidation sites excluding steroid dienone is 2. The van der Waals surface area contributed by atoms with Gasteiger partial charge < -0.3 is 9.47 Å². The maximum atomic E-state index is 12.1. The topological polar surface area (TPSA) is 52.6 Å². The number of carbonyl (C=O) groups is 2. The smallest absolute Gasteiger partial charge is 0.306 e. The van der Waals surface area contributed by atoms with Crippen molar-refractivity contribution in [2.45, 2.75) is 66.0 Å². The van der Waals surface area contributed by atoms with Crippen LogP contribution in [0, 0.1) is 0 Å². The number of hydrogen-bond donors (Lipinski definition) is 0. The van der Waals surface area contributed by atoms with Crippen LogP contribution in [0.5, 0.6) is 0 Å². The first kappa shape index (κ1) is 25.7. The molecule has 2 unspecified atom stereocenters. The molecule has 28 heavy (non-hydrogen) atoms. The lowest BCUT2D eigenvalue weighted by Crippen LogP contribution is -2.29. The molecule has 1 heterocycles. The van der Waals surface area contributed by atoms with E-state index in [-0.39, 0.29) is 11.9 Å². The molecule has 1 aliphatic rings. The summed E-state index contributed by atoms with van der Waals surface area (Å²) in [6.07, 6.45) is 7.53. The van der Waals surface area contributed by atoms with Gasteiger partial charge in [0.2, 0.25) is 0 Å². The largest absolute Gasteiger partial charge is 0.466 e. The summed E-state index contributed by atoms with van der Waals surface area (Å²) in [4.78, 5) is 27.4. The van der Waals surface area contributed by atoms with Crippen molar-refractivity contribution >= 4 is 43.3 Å². The van der Waals surface area contributed by atoms with Crippen molar-refractivity contribution in [1.29, 1.82) is 0 Å². The monoisotopic (exact) mass is 460 g/mol. The Kier molecular flexibility index (Phi) is 10.3. The van der Waals surface area contributed by atoms with Gasteiger partial charge in [-0.25, -0.2) is 0 Å². The van der Waals surface area contributed by atoms with E-state index >= 15 is 0 Å². The van der Waals surface area contributed by atoms with Gasteiger partial charge in [0.25, 0.3) is 0 Å². The predicted molar refractivity (Wildman–Crippen MR) is 129 cm³/mol. The summed E-state index contributed by atoms with van der Waals surface area (Å²) in [7, 11) is -3.86. The van der Waals surface area contributed by atoms with Crippen molar-refractivity contribution in [3.05, 3.63) is 22.0 Å². The first-order chi connectivity index (χ1) is 12.9. The van der Waals surface area contributed by atoms with Crippen molar-refractivity contribution in [3.8, 4) is 0 Å². The maximum Gasteiger partial charge on any atom is 0.306 e. The van der Waals surface area contributed by atoms with Crippen LogP contribution in [0.15, 0.2) is 22.0 Å². The second-order valence-electron chi connectivity index (χ2n) is 8.96. The van der Waals surface area contributed by atoms with Gasteiger partial charge in [-0.05, 0) is 26.2 Å². The second-order valence-corrected chi connectivity index (χ2v) is 26.2. The summed E-state index contributed by atoms with van der Waals surface area (Å²) in [5, 5.41) is 0. The van der Waals surface area contributed by atoms with Gasteiger partial charge in [0.15, 0.2) is 0 Å². The molecule has 0 saturated heterocycles. The SMILES string of the molecule is CCOC(=O)CCP1C([Si](C)(C)C)=CC=C([Si](C)(C)C)P1CCC(=O)OCC. The summed E-state index contributed by atoms with van der Waals surface area (Å²) in [5.74, 6) is -0.186. The van der Waals surface area contributed by atoms with E-state index in [2.05, 4.69) is 51.4 Å². The van der Waals surface area contributed by atoms with Gasteiger partial charge in [0.05, 0.1) is 42.2 Å². The van der Waals surface area contributed by atoms with Crippen LogP contribution in [-0.4, -0.2) is 53.6 Å². The van der Waals surface area contributed by atoms with Crippen LogP contribution >= 0.6 is 15.2 Å². The van der Waals surface area contributed by atoms with E-state index in [1.807, 2.05) is 13.8 Å². The fourth-order valence-corrected chi connectivity index (χ4v) is 25.6. The van der Waals surface area contributed by atoms with Crippen LogP contribution < -0.4 is 0 Å². The van der Waals surface area contributed by atoms with Gasteiger partial charge in [-0.15, -0.1) is 0 Å². The quantitative estimate of drug-likeness (QED) is 0.218. The molecular weight excluding hydrogens is 422 g/mol. The highest BCUT2D eigenvalue weighted by Gasteiger charge is 2.39. The molecule has 0 saturated carbocycles. The fraction of sp³-hybridized carbons (Fsp3) is 0.700. The van der Waals surface area contributed by atoms with E-state index in [1.165, 1.54) is 0 Å². The number of carbonyl (C=O) groups excluding carboxylic acids is 2. The Labute approximate surface area is 175 Å². The van der Waals surface area contributed by atoms with Gasteiger partial charge in [-0.3, -0.25) is 9.59 Å². The van der Waals surface area contributed by atoms with Crippen molar-refractivity contribution in [2.75, 3.05) is 25.5 Å². The Hall–Kier alpha value is -0.286. The van der Waals surface area contributed by atoms with Crippen LogP contribution in [0.25, 0.3) is 0 Å². The summed E-state index contributed by atoms with van der Waals surface area (Å²) in [5.41, 5.74) is 0. The molecule has 0 aromatic carbocycles. The Bertz CT molecular complexity index is 565. The first-order valence-electron chi connectivity index (χ1n) is 10.2. The van der Waals surface area contributed by atoms with E-state index in [0.29, 0.717) is 26.1 Å². The lowest BCUT2D eigenvalue weighted by molar-refractivity contribution is -0.143. The van der Waals surface area contributed by atoms with Crippen molar-refractivity contribution in [3.63, 3.8) is 0 Å². The maximum absolute atomic E-state index is 12.1. The first-order valence-corrected chi connectivity index (χ1v) is 21.0. The van der Waals surface area contributed by atoms with Gasteiger partial charge in [-0.2, -0.15) is 0 Å². The van der Waals surface area contributed by atoms with Gasteiger partial charge in [-0.1, -0.05) is 76.5 Å². The molecule has 0 aliphatic carbocycles. The zero-order valence-corrected chi connectivity index (χ0v) is 22.7. The summed E-state index contributed by atoms with van der Waals surface area (Å²) >= 11 is 0. The fourth-order valence-electron chi connectivity index (χ4n) is 3.21. The highest BCUT2D eigenvalue weighted by molar-refractivity contribution is 8.34. The molecule has 0 aromatic rings. The molecule has 0 radical (unpaired) electrons. The van der Waals surface area contributed by atoms with E-state index in [4.69, 9.17) is 9.47 Å². The molecule has 160 valence electrons. The molecule has 0 amide bonds. The van der Waals surface area contributed by atoms with Gasteiger partial charge in [0.1, 0.15) is 0 Å². The van der Waals surface area contributed by atoms with E-state index in [9.17, 15) is 9.59 Å². The third kappa shape index (κ3) is 7.86. The lowest BCUT2D eigenvalue weighted by Gasteiger charge is -2.42. The molecule has 8 heteroatoms. The van der Waals surface area contributed by atoms with E-state index in [1.54, 1.807) is 9.87 Å². The number of hydrogen-bond acceptors (Lipinski definition) is 4. The predicted octanol–water partition coefficient (Wildman–Crippen LogP) is 6.31. The Morgan fingerprint density at radius 1 is 0.750 bits per heavy atom. The molecule has 1 aliphatic heterocycles. The molecule has 0 N–H and O–H groups in total. The summed E-state index contributed by atoms with van der Waals surface area (Å²) < 4.78 is 10.4. The zero-order chi connectivity index (χ0) is 21.5. The Morgan fingerprint density at radius 3 is 1.32 bits per heavy atom. The molecule has 0 fully saturated rings. The highest BCUT2D eigenvalue weighted by atomic mass is 32.1. The zero-order valence-electron chi connectivity index (χ0n) is 18.9. The summed E-state index contributed by atoms with van der Waals surface area (Å²) in [6, 6.07) is 0. The molecule has 1 rings (SSSR count). The Balaban J connectivity index is 3.20. The number of rotatable bonds is 10. The van der Waals surface area contributed by atoms with Crippen LogP contribution in [0.4, 0.5) is 0 Å². The van der Waals surface area contributed by atoms with Crippen LogP contribution in [-0.2, 0) is 19.1 Å². The minimum atomic E-state index is -1.50. The van der Waals surface area contributed by atoms with Crippen molar-refractivity contribution < 1.29 is 19.1 Å². The standard InChI is InChI=1S/C20H38O4P2Si2/c1-9-23-17(21)13-15-25-19(27(3,4)5)11-12-20(28(6,7)8)26(25)16-14-18(22)24-10-2/h11-12H,9-10,13-16H2,1-8H3. The average molecular weight is 461 g/mol. The average Bonchev–Trinajstić information content (AvgIpc) is 2.56. The highest BCUT2D eigenvalue weighted by Crippen LogP contribution is 2.80. The van der Waals surface area contributed by atoms with Gasteiger partial charge in [0, 0.05) is 0 Å². The van der Waals surface area contributed by atoms with Gasteiger partial charge >= 0.3 is 11.9 Å². The molecule has 0 aromatic heterocycles. The second kappa shape index (κ2) is 11.2. The Morgan fingerprint density at radius 2 is 1.07 bits per heavy atom. The van der Waals surface area contributed by atoms with Crippen LogP contribution in [0.1, 0.15) is 26.7 Å². The molecule has 0 spiro atoms. The normalized spacial score (nSPS) is 20.3. The minimum Gasteiger partial charge on any atom is -0.466 e. The number of ether oxygens (including phenoxy) is 2.